The number of hydrogen-bond acceptors (Lipinski definition) is 8. The van der Waals surface area contributed by atoms with Gasteiger partial charge in [-0.25, -0.2) is 0 Å². The molecule has 0 aliphatic carbocycles. The SMILES string of the molecule is CCOc1cc(-c2nn3c(CN4CCCCCC4)nnc3s2)cc(OCC)c1OCC. The Hall–Kier alpha value is -2.39. The molecule has 1 aliphatic heterocycles. The number of benzene rings is 1. The molecular formula is C22H31N5O3S. The van der Waals surface area contributed by atoms with Gasteiger partial charge < -0.3 is 14.2 Å². The Balaban J connectivity index is 1.67. The van der Waals surface area contributed by atoms with E-state index in [1.54, 1.807) is 0 Å². The molecule has 1 saturated heterocycles. The summed E-state index contributed by atoms with van der Waals surface area (Å²) in [6.07, 6.45) is 5.12. The van der Waals surface area contributed by atoms with Gasteiger partial charge in [-0.3, -0.25) is 4.90 Å². The standard InChI is InChI=1S/C22H31N5O3S/c1-4-28-17-13-16(14-18(29-5-2)20(17)30-6-3)21-25-27-19(23-24-22(27)31-21)15-26-11-9-7-8-10-12-26/h13-14H,4-12,15H2,1-3H3. The molecule has 31 heavy (non-hydrogen) atoms. The molecule has 0 atom stereocenters. The third-order valence-corrected chi connectivity index (χ3v) is 6.22. The minimum absolute atomic E-state index is 0.538. The smallest absolute Gasteiger partial charge is 0.235 e. The first-order chi connectivity index (χ1) is 15.2. The molecule has 1 aromatic carbocycles. The van der Waals surface area contributed by atoms with Crippen molar-refractivity contribution in [3.05, 3.63) is 18.0 Å². The number of aromatic nitrogens is 4. The molecule has 0 unspecified atom stereocenters. The molecule has 0 amide bonds. The summed E-state index contributed by atoms with van der Waals surface area (Å²) in [5.74, 6) is 2.86. The van der Waals surface area contributed by atoms with Gasteiger partial charge in [-0.15, -0.1) is 10.2 Å². The third-order valence-electron chi connectivity index (χ3n) is 5.28. The molecule has 2 aromatic heterocycles. The highest BCUT2D eigenvalue weighted by Crippen LogP contribution is 2.42. The van der Waals surface area contributed by atoms with Crippen molar-refractivity contribution < 1.29 is 14.2 Å². The molecule has 0 N–H and O–H groups in total. The van der Waals surface area contributed by atoms with Crippen LogP contribution in [0.25, 0.3) is 15.5 Å². The van der Waals surface area contributed by atoms with Crippen molar-refractivity contribution in [3.63, 3.8) is 0 Å². The summed E-state index contributed by atoms with van der Waals surface area (Å²) in [7, 11) is 0. The van der Waals surface area contributed by atoms with Gasteiger partial charge in [0, 0.05) is 5.56 Å². The van der Waals surface area contributed by atoms with E-state index in [9.17, 15) is 0 Å². The summed E-state index contributed by atoms with van der Waals surface area (Å²) >= 11 is 1.52. The van der Waals surface area contributed by atoms with Crippen LogP contribution in [-0.2, 0) is 6.54 Å². The van der Waals surface area contributed by atoms with Crippen LogP contribution < -0.4 is 14.2 Å². The van der Waals surface area contributed by atoms with Gasteiger partial charge in [-0.1, -0.05) is 24.2 Å². The molecule has 9 heteroatoms. The fourth-order valence-electron chi connectivity index (χ4n) is 3.88. The molecular weight excluding hydrogens is 414 g/mol. The van der Waals surface area contributed by atoms with Gasteiger partial charge in [0.05, 0.1) is 26.4 Å². The Morgan fingerprint density at radius 1 is 0.871 bits per heavy atom. The molecule has 0 radical (unpaired) electrons. The lowest BCUT2D eigenvalue weighted by atomic mass is 10.2. The molecule has 0 bridgehead atoms. The number of hydrogen-bond donors (Lipinski definition) is 0. The topological polar surface area (TPSA) is 74.0 Å². The van der Waals surface area contributed by atoms with E-state index in [0.717, 1.165) is 41.0 Å². The van der Waals surface area contributed by atoms with Gasteiger partial charge in [0.25, 0.3) is 0 Å². The Morgan fingerprint density at radius 2 is 1.52 bits per heavy atom. The molecule has 0 spiro atoms. The van der Waals surface area contributed by atoms with Crippen LogP contribution >= 0.6 is 11.3 Å². The van der Waals surface area contributed by atoms with Crippen LogP contribution in [0.15, 0.2) is 12.1 Å². The maximum absolute atomic E-state index is 5.86. The maximum atomic E-state index is 5.86. The highest BCUT2D eigenvalue weighted by Gasteiger charge is 2.20. The molecule has 168 valence electrons. The predicted octanol–water partition coefficient (Wildman–Crippen LogP) is 4.42. The quantitative estimate of drug-likeness (QED) is 0.482. The van der Waals surface area contributed by atoms with Crippen LogP contribution in [0.3, 0.4) is 0 Å². The fourth-order valence-corrected chi connectivity index (χ4v) is 4.72. The molecule has 3 aromatic rings. The predicted molar refractivity (Wildman–Crippen MR) is 121 cm³/mol. The van der Waals surface area contributed by atoms with Gasteiger partial charge in [0.15, 0.2) is 17.3 Å². The van der Waals surface area contributed by atoms with Crippen LogP contribution in [0.2, 0.25) is 0 Å². The summed E-state index contributed by atoms with van der Waals surface area (Å²) < 4.78 is 19.4. The van der Waals surface area contributed by atoms with E-state index >= 15 is 0 Å². The van der Waals surface area contributed by atoms with Crippen molar-refractivity contribution in [1.29, 1.82) is 0 Å². The van der Waals surface area contributed by atoms with E-state index in [1.165, 1.54) is 37.0 Å². The molecule has 4 rings (SSSR count). The second-order valence-electron chi connectivity index (χ2n) is 7.51. The van der Waals surface area contributed by atoms with Gasteiger partial charge >= 0.3 is 0 Å². The Bertz CT molecular complexity index is 967. The van der Waals surface area contributed by atoms with Crippen molar-refractivity contribution in [2.45, 2.75) is 53.0 Å². The van der Waals surface area contributed by atoms with Crippen LogP contribution in [0.1, 0.15) is 52.3 Å². The van der Waals surface area contributed by atoms with Crippen molar-refractivity contribution in [1.82, 2.24) is 24.7 Å². The Kier molecular flexibility index (Phi) is 7.24. The number of rotatable bonds is 9. The second-order valence-corrected chi connectivity index (χ2v) is 8.46. The van der Waals surface area contributed by atoms with Crippen LogP contribution in [-0.4, -0.2) is 57.6 Å². The van der Waals surface area contributed by atoms with Crippen molar-refractivity contribution in [3.8, 4) is 27.8 Å². The fraction of sp³-hybridized carbons (Fsp3) is 0.591. The zero-order valence-electron chi connectivity index (χ0n) is 18.6. The third kappa shape index (κ3) is 4.93. The summed E-state index contributed by atoms with van der Waals surface area (Å²) in [6.45, 7) is 10.5. The maximum Gasteiger partial charge on any atom is 0.235 e. The number of nitrogens with zero attached hydrogens (tertiary/aromatic N) is 5. The lowest BCUT2D eigenvalue weighted by molar-refractivity contribution is 0.261. The number of likely N-dealkylation sites (tertiary alicyclic amines) is 1. The molecule has 8 nitrogen and oxygen atoms in total. The van der Waals surface area contributed by atoms with E-state index in [-0.39, 0.29) is 0 Å². The molecule has 0 saturated carbocycles. The lowest BCUT2D eigenvalue weighted by Gasteiger charge is -2.17. The number of fused-ring (bicyclic) bond motifs is 1. The highest BCUT2D eigenvalue weighted by atomic mass is 32.1. The minimum atomic E-state index is 0.538. The van der Waals surface area contributed by atoms with E-state index < -0.39 is 0 Å². The second kappa shape index (κ2) is 10.3. The first-order valence-electron chi connectivity index (χ1n) is 11.2. The summed E-state index contributed by atoms with van der Waals surface area (Å²) in [4.78, 5) is 3.25. The van der Waals surface area contributed by atoms with E-state index in [2.05, 4.69) is 15.1 Å². The average molecular weight is 446 g/mol. The van der Waals surface area contributed by atoms with Crippen molar-refractivity contribution >= 4 is 16.3 Å². The van der Waals surface area contributed by atoms with E-state index in [4.69, 9.17) is 19.3 Å². The largest absolute Gasteiger partial charge is 0.490 e. The first-order valence-corrected chi connectivity index (χ1v) is 12.0. The zero-order chi connectivity index (χ0) is 21.6. The normalized spacial score (nSPS) is 15.2. The average Bonchev–Trinajstić information content (AvgIpc) is 3.24. The van der Waals surface area contributed by atoms with E-state index in [1.807, 2.05) is 37.4 Å². The van der Waals surface area contributed by atoms with Gasteiger partial charge in [0.1, 0.15) is 5.01 Å². The summed E-state index contributed by atoms with van der Waals surface area (Å²) in [5, 5.41) is 14.5. The highest BCUT2D eigenvalue weighted by molar-refractivity contribution is 7.19. The zero-order valence-corrected chi connectivity index (χ0v) is 19.4. The molecule has 1 fully saturated rings. The minimum Gasteiger partial charge on any atom is -0.490 e. The van der Waals surface area contributed by atoms with Crippen LogP contribution in [0, 0.1) is 0 Å². The first kappa shape index (κ1) is 21.8. The lowest BCUT2D eigenvalue weighted by Crippen LogP contribution is -2.25. The molecule has 3 heterocycles. The van der Waals surface area contributed by atoms with E-state index in [0.29, 0.717) is 37.1 Å². The Morgan fingerprint density at radius 3 is 2.13 bits per heavy atom. The Labute approximate surface area is 187 Å². The summed E-state index contributed by atoms with van der Waals surface area (Å²) in [5.41, 5.74) is 0.923. The van der Waals surface area contributed by atoms with Crippen molar-refractivity contribution in [2.75, 3.05) is 32.9 Å². The summed E-state index contributed by atoms with van der Waals surface area (Å²) in [6, 6.07) is 3.94. The monoisotopic (exact) mass is 445 g/mol. The van der Waals surface area contributed by atoms with Gasteiger partial charge in [0.2, 0.25) is 10.7 Å². The van der Waals surface area contributed by atoms with Crippen molar-refractivity contribution in [2.24, 2.45) is 0 Å². The molecule has 1 aliphatic rings. The van der Waals surface area contributed by atoms with Gasteiger partial charge in [-0.2, -0.15) is 9.61 Å². The van der Waals surface area contributed by atoms with Crippen LogP contribution in [0.5, 0.6) is 17.2 Å². The van der Waals surface area contributed by atoms with Gasteiger partial charge in [-0.05, 0) is 58.8 Å². The van der Waals surface area contributed by atoms with Crippen LogP contribution in [0.4, 0.5) is 0 Å². The number of ether oxygens (including phenoxy) is 3.